The Bertz CT molecular complexity index is 344. The van der Waals surface area contributed by atoms with Crippen molar-refractivity contribution in [2.75, 3.05) is 20.3 Å². The summed E-state index contributed by atoms with van der Waals surface area (Å²) in [4.78, 5) is 26.7. The van der Waals surface area contributed by atoms with E-state index in [1.165, 1.54) is 0 Å². The van der Waals surface area contributed by atoms with Gasteiger partial charge < -0.3 is 15.0 Å². The molecule has 1 fully saturated rings. The highest BCUT2D eigenvalue weighted by Gasteiger charge is 2.40. The largest absolute Gasteiger partial charge is 0.385 e. The third-order valence-corrected chi connectivity index (χ3v) is 3.96. The van der Waals surface area contributed by atoms with Gasteiger partial charge in [-0.25, -0.2) is 0 Å². The van der Waals surface area contributed by atoms with Gasteiger partial charge in [0, 0.05) is 20.3 Å². The maximum absolute atomic E-state index is 12.6. The van der Waals surface area contributed by atoms with Crippen LogP contribution < -0.4 is 5.32 Å². The maximum atomic E-state index is 12.6. The Balaban J connectivity index is 2.66. The molecule has 0 aromatic heterocycles. The van der Waals surface area contributed by atoms with E-state index in [0.29, 0.717) is 6.54 Å². The third-order valence-electron chi connectivity index (χ3n) is 3.96. The van der Waals surface area contributed by atoms with Crippen LogP contribution >= 0.6 is 0 Å². The van der Waals surface area contributed by atoms with Crippen LogP contribution in [0.3, 0.4) is 0 Å². The Hall–Kier alpha value is -1.10. The molecule has 0 spiro atoms. The van der Waals surface area contributed by atoms with Crippen LogP contribution in [0.4, 0.5) is 0 Å². The second-order valence-corrected chi connectivity index (χ2v) is 6.12. The van der Waals surface area contributed by atoms with Crippen LogP contribution in [0.1, 0.15) is 52.9 Å². The molecule has 0 saturated carbocycles. The monoisotopic (exact) mass is 298 g/mol. The second-order valence-electron chi connectivity index (χ2n) is 6.12. The van der Waals surface area contributed by atoms with E-state index < -0.39 is 0 Å². The van der Waals surface area contributed by atoms with Crippen LogP contribution in [0, 0.1) is 5.92 Å². The van der Waals surface area contributed by atoms with Gasteiger partial charge in [0.25, 0.3) is 0 Å². The molecule has 1 rings (SSSR count). The summed E-state index contributed by atoms with van der Waals surface area (Å²) < 4.78 is 5.04. The molecule has 5 nitrogen and oxygen atoms in total. The first-order chi connectivity index (χ1) is 10.0. The second kappa shape index (κ2) is 9.03. The Morgan fingerprint density at radius 2 is 1.95 bits per heavy atom. The van der Waals surface area contributed by atoms with Crippen molar-refractivity contribution in [3.63, 3.8) is 0 Å². The van der Waals surface area contributed by atoms with E-state index in [1.807, 2.05) is 20.8 Å². The fraction of sp³-hybridized carbons (Fsp3) is 0.875. The minimum atomic E-state index is -0.337. The first kappa shape index (κ1) is 18.0. The Morgan fingerprint density at radius 3 is 2.52 bits per heavy atom. The number of carbonyl (C=O) groups excluding carboxylic acids is 2. The highest BCUT2D eigenvalue weighted by atomic mass is 16.5. The fourth-order valence-corrected chi connectivity index (χ4v) is 2.90. The van der Waals surface area contributed by atoms with Crippen molar-refractivity contribution >= 4 is 11.8 Å². The van der Waals surface area contributed by atoms with Crippen molar-refractivity contribution in [1.29, 1.82) is 0 Å². The van der Waals surface area contributed by atoms with Gasteiger partial charge >= 0.3 is 0 Å². The van der Waals surface area contributed by atoms with Crippen LogP contribution in [0.25, 0.3) is 0 Å². The van der Waals surface area contributed by atoms with Crippen LogP contribution in [0.15, 0.2) is 0 Å². The topological polar surface area (TPSA) is 58.6 Å². The number of unbranched alkanes of at least 4 members (excludes halogenated alkanes) is 2. The molecule has 2 unspecified atom stereocenters. The van der Waals surface area contributed by atoms with E-state index >= 15 is 0 Å². The molecule has 2 atom stereocenters. The van der Waals surface area contributed by atoms with Crippen molar-refractivity contribution in [1.82, 2.24) is 10.2 Å². The SMILES string of the molecule is CCCC1NC(=O)C(C(C)C)N(CCCCCOC)C1=O. The highest BCUT2D eigenvalue weighted by Crippen LogP contribution is 2.20. The van der Waals surface area contributed by atoms with E-state index in [4.69, 9.17) is 4.74 Å². The molecule has 21 heavy (non-hydrogen) atoms. The summed E-state index contributed by atoms with van der Waals surface area (Å²) >= 11 is 0. The van der Waals surface area contributed by atoms with E-state index in [2.05, 4.69) is 5.32 Å². The summed E-state index contributed by atoms with van der Waals surface area (Å²) in [7, 11) is 1.70. The van der Waals surface area contributed by atoms with Crippen LogP contribution in [0.2, 0.25) is 0 Å². The van der Waals surface area contributed by atoms with Gasteiger partial charge in [-0.3, -0.25) is 9.59 Å². The molecule has 2 amide bonds. The quantitative estimate of drug-likeness (QED) is 0.662. The molecule has 0 aromatic rings. The molecule has 0 aromatic carbocycles. The summed E-state index contributed by atoms with van der Waals surface area (Å²) in [5.41, 5.74) is 0. The molecule has 0 bridgehead atoms. The number of ether oxygens (including phenoxy) is 1. The predicted molar refractivity (Wildman–Crippen MR) is 82.9 cm³/mol. The zero-order chi connectivity index (χ0) is 15.8. The van der Waals surface area contributed by atoms with Gasteiger partial charge in [0.2, 0.25) is 11.8 Å². The average Bonchev–Trinajstić information content (AvgIpc) is 2.43. The van der Waals surface area contributed by atoms with Gasteiger partial charge in [-0.1, -0.05) is 27.2 Å². The number of hydrogen-bond acceptors (Lipinski definition) is 3. The summed E-state index contributed by atoms with van der Waals surface area (Å²) in [5, 5.41) is 2.89. The number of amides is 2. The number of hydrogen-bond donors (Lipinski definition) is 1. The predicted octanol–water partition coefficient (Wildman–Crippen LogP) is 1.95. The lowest BCUT2D eigenvalue weighted by Crippen LogP contribution is -2.64. The molecule has 1 saturated heterocycles. The Kier molecular flexibility index (Phi) is 7.72. The maximum Gasteiger partial charge on any atom is 0.245 e. The number of piperazine rings is 1. The van der Waals surface area contributed by atoms with Crippen molar-refractivity contribution in [3.05, 3.63) is 0 Å². The van der Waals surface area contributed by atoms with Crippen molar-refractivity contribution in [2.45, 2.75) is 65.0 Å². The zero-order valence-electron chi connectivity index (χ0n) is 13.9. The molecular formula is C16H30N2O3. The number of carbonyl (C=O) groups is 2. The molecule has 1 heterocycles. The number of nitrogens with zero attached hydrogens (tertiary/aromatic N) is 1. The minimum absolute atomic E-state index is 0.0000541. The molecule has 1 N–H and O–H groups in total. The smallest absolute Gasteiger partial charge is 0.245 e. The lowest BCUT2D eigenvalue weighted by molar-refractivity contribution is -0.151. The van der Waals surface area contributed by atoms with Crippen LogP contribution in [-0.2, 0) is 14.3 Å². The third kappa shape index (κ3) is 4.99. The summed E-state index contributed by atoms with van der Waals surface area (Å²) in [6.07, 6.45) is 4.54. The normalized spacial score (nSPS) is 22.8. The van der Waals surface area contributed by atoms with Crippen molar-refractivity contribution in [3.8, 4) is 0 Å². The molecule has 0 aliphatic carbocycles. The highest BCUT2D eigenvalue weighted by molar-refractivity contribution is 5.97. The van der Waals surface area contributed by atoms with Gasteiger partial charge in [0.15, 0.2) is 0 Å². The molecule has 1 aliphatic rings. The molecular weight excluding hydrogens is 268 g/mol. The van der Waals surface area contributed by atoms with Gasteiger partial charge in [-0.15, -0.1) is 0 Å². The molecule has 0 radical (unpaired) electrons. The van der Waals surface area contributed by atoms with Crippen molar-refractivity contribution < 1.29 is 14.3 Å². The minimum Gasteiger partial charge on any atom is -0.385 e. The van der Waals surface area contributed by atoms with Gasteiger partial charge in [0.1, 0.15) is 12.1 Å². The van der Waals surface area contributed by atoms with Crippen LogP contribution in [-0.4, -0.2) is 49.1 Å². The number of rotatable bonds is 9. The van der Waals surface area contributed by atoms with E-state index in [-0.39, 0.29) is 29.8 Å². The van der Waals surface area contributed by atoms with Gasteiger partial charge in [0.05, 0.1) is 0 Å². The summed E-state index contributed by atoms with van der Waals surface area (Å²) in [5.74, 6) is 0.220. The Labute approximate surface area is 128 Å². The van der Waals surface area contributed by atoms with E-state index in [9.17, 15) is 9.59 Å². The lowest BCUT2D eigenvalue weighted by atomic mass is 9.95. The lowest BCUT2D eigenvalue weighted by Gasteiger charge is -2.41. The number of nitrogens with one attached hydrogen (secondary N) is 1. The average molecular weight is 298 g/mol. The van der Waals surface area contributed by atoms with E-state index in [1.54, 1.807) is 12.0 Å². The molecule has 5 heteroatoms. The van der Waals surface area contributed by atoms with Crippen molar-refractivity contribution in [2.24, 2.45) is 5.92 Å². The first-order valence-corrected chi connectivity index (χ1v) is 8.12. The summed E-state index contributed by atoms with van der Waals surface area (Å²) in [6.45, 7) is 7.44. The first-order valence-electron chi connectivity index (χ1n) is 8.12. The number of methoxy groups -OCH3 is 1. The van der Waals surface area contributed by atoms with Crippen LogP contribution in [0.5, 0.6) is 0 Å². The molecule has 1 aliphatic heterocycles. The van der Waals surface area contributed by atoms with Gasteiger partial charge in [-0.05, 0) is 31.6 Å². The standard InChI is InChI=1S/C16H30N2O3/c1-5-9-13-16(20)18(10-7-6-8-11-21-4)14(12(2)3)15(19)17-13/h12-14H,5-11H2,1-4H3,(H,17,19). The fourth-order valence-electron chi connectivity index (χ4n) is 2.90. The Morgan fingerprint density at radius 1 is 1.24 bits per heavy atom. The molecule has 122 valence electrons. The zero-order valence-corrected chi connectivity index (χ0v) is 13.9. The van der Waals surface area contributed by atoms with Gasteiger partial charge in [-0.2, -0.15) is 0 Å². The summed E-state index contributed by atoms with van der Waals surface area (Å²) in [6, 6.07) is -0.662. The van der Waals surface area contributed by atoms with E-state index in [0.717, 1.165) is 38.7 Å².